The van der Waals surface area contributed by atoms with Crippen molar-refractivity contribution in [1.82, 2.24) is 10.2 Å². The SMILES string of the molecule is CC(C)CCN(C)C(=O)CNC1CCCC1. The van der Waals surface area contributed by atoms with E-state index < -0.39 is 0 Å². The zero-order valence-corrected chi connectivity index (χ0v) is 11.0. The van der Waals surface area contributed by atoms with Crippen molar-refractivity contribution in [2.24, 2.45) is 5.92 Å². The highest BCUT2D eigenvalue weighted by Crippen LogP contribution is 2.17. The van der Waals surface area contributed by atoms with Gasteiger partial charge in [-0.2, -0.15) is 0 Å². The summed E-state index contributed by atoms with van der Waals surface area (Å²) in [5.74, 6) is 0.894. The molecule has 1 aliphatic rings. The van der Waals surface area contributed by atoms with Crippen LogP contribution in [0.25, 0.3) is 0 Å². The van der Waals surface area contributed by atoms with Crippen LogP contribution in [0.15, 0.2) is 0 Å². The van der Waals surface area contributed by atoms with Crippen molar-refractivity contribution in [3.05, 3.63) is 0 Å². The molecule has 0 radical (unpaired) electrons. The van der Waals surface area contributed by atoms with E-state index >= 15 is 0 Å². The first kappa shape index (κ1) is 13.5. The number of hydrogen-bond acceptors (Lipinski definition) is 2. The summed E-state index contributed by atoms with van der Waals surface area (Å²) in [6.45, 7) is 5.77. The molecule has 0 aliphatic heterocycles. The molecule has 1 amide bonds. The van der Waals surface area contributed by atoms with Gasteiger partial charge < -0.3 is 10.2 Å². The molecule has 0 saturated heterocycles. The molecule has 0 heterocycles. The molecule has 0 aromatic carbocycles. The van der Waals surface area contributed by atoms with Gasteiger partial charge in [-0.3, -0.25) is 4.79 Å². The van der Waals surface area contributed by atoms with E-state index in [0.717, 1.165) is 13.0 Å². The second kappa shape index (κ2) is 6.89. The van der Waals surface area contributed by atoms with Gasteiger partial charge in [-0.25, -0.2) is 0 Å². The molecule has 1 N–H and O–H groups in total. The van der Waals surface area contributed by atoms with Crippen LogP contribution in [0, 0.1) is 5.92 Å². The normalized spacial score (nSPS) is 17.0. The van der Waals surface area contributed by atoms with E-state index in [4.69, 9.17) is 0 Å². The molecule has 0 spiro atoms. The van der Waals surface area contributed by atoms with E-state index in [2.05, 4.69) is 19.2 Å². The van der Waals surface area contributed by atoms with Crippen LogP contribution in [0.1, 0.15) is 46.0 Å². The second-order valence-corrected chi connectivity index (χ2v) is 5.36. The summed E-state index contributed by atoms with van der Waals surface area (Å²) in [5, 5.41) is 3.36. The summed E-state index contributed by atoms with van der Waals surface area (Å²) in [6.07, 6.45) is 6.20. The van der Waals surface area contributed by atoms with Crippen LogP contribution >= 0.6 is 0 Å². The third kappa shape index (κ3) is 4.97. The topological polar surface area (TPSA) is 32.3 Å². The maximum Gasteiger partial charge on any atom is 0.236 e. The van der Waals surface area contributed by atoms with Crippen molar-refractivity contribution in [3.63, 3.8) is 0 Å². The molecule has 94 valence electrons. The predicted octanol–water partition coefficient (Wildman–Crippen LogP) is 2.02. The molecular weight excluding hydrogens is 200 g/mol. The summed E-state index contributed by atoms with van der Waals surface area (Å²) in [7, 11) is 1.90. The van der Waals surface area contributed by atoms with E-state index in [1.54, 1.807) is 0 Å². The van der Waals surface area contributed by atoms with E-state index in [0.29, 0.717) is 18.5 Å². The van der Waals surface area contributed by atoms with Gasteiger partial charge in [-0.15, -0.1) is 0 Å². The highest BCUT2D eigenvalue weighted by molar-refractivity contribution is 5.77. The van der Waals surface area contributed by atoms with Crippen molar-refractivity contribution in [2.75, 3.05) is 20.1 Å². The van der Waals surface area contributed by atoms with Gasteiger partial charge in [-0.05, 0) is 25.2 Å². The van der Waals surface area contributed by atoms with Crippen LogP contribution in [0.5, 0.6) is 0 Å². The summed E-state index contributed by atoms with van der Waals surface area (Å²) < 4.78 is 0. The Morgan fingerprint density at radius 3 is 2.56 bits per heavy atom. The Labute approximate surface area is 99.6 Å². The number of nitrogens with one attached hydrogen (secondary N) is 1. The Hall–Kier alpha value is -0.570. The van der Waals surface area contributed by atoms with Gasteiger partial charge in [-0.1, -0.05) is 26.7 Å². The Morgan fingerprint density at radius 1 is 1.38 bits per heavy atom. The van der Waals surface area contributed by atoms with Crippen molar-refractivity contribution in [1.29, 1.82) is 0 Å². The van der Waals surface area contributed by atoms with Crippen LogP contribution in [-0.2, 0) is 4.79 Å². The van der Waals surface area contributed by atoms with Crippen LogP contribution < -0.4 is 5.32 Å². The molecule has 1 aliphatic carbocycles. The van der Waals surface area contributed by atoms with E-state index in [1.165, 1.54) is 25.7 Å². The van der Waals surface area contributed by atoms with Gasteiger partial charge in [0, 0.05) is 19.6 Å². The number of nitrogens with zero attached hydrogens (tertiary/aromatic N) is 1. The fourth-order valence-corrected chi connectivity index (χ4v) is 2.07. The van der Waals surface area contributed by atoms with Gasteiger partial charge in [0.1, 0.15) is 0 Å². The second-order valence-electron chi connectivity index (χ2n) is 5.36. The maximum atomic E-state index is 11.8. The lowest BCUT2D eigenvalue weighted by Crippen LogP contribution is -2.39. The highest BCUT2D eigenvalue weighted by atomic mass is 16.2. The van der Waals surface area contributed by atoms with Gasteiger partial charge in [0.25, 0.3) is 0 Å². The average molecular weight is 226 g/mol. The minimum atomic E-state index is 0.229. The number of amides is 1. The van der Waals surface area contributed by atoms with Crippen LogP contribution in [0.4, 0.5) is 0 Å². The zero-order chi connectivity index (χ0) is 12.0. The first-order valence-electron chi connectivity index (χ1n) is 6.57. The third-order valence-corrected chi connectivity index (χ3v) is 3.36. The molecule has 0 bridgehead atoms. The minimum absolute atomic E-state index is 0.229. The number of likely N-dealkylation sites (N-methyl/N-ethyl adjacent to an activating group) is 1. The quantitative estimate of drug-likeness (QED) is 0.751. The number of carbonyl (C=O) groups excluding carboxylic acids is 1. The molecule has 1 saturated carbocycles. The molecular formula is C13H26N2O. The van der Waals surface area contributed by atoms with E-state index in [-0.39, 0.29) is 5.91 Å². The van der Waals surface area contributed by atoms with Gasteiger partial charge in [0.05, 0.1) is 6.54 Å². The van der Waals surface area contributed by atoms with Crippen LogP contribution in [-0.4, -0.2) is 37.0 Å². The summed E-state index contributed by atoms with van der Waals surface area (Å²) in [6, 6.07) is 0.586. The first-order chi connectivity index (χ1) is 7.59. The van der Waals surface area contributed by atoms with Crippen molar-refractivity contribution in [2.45, 2.75) is 52.0 Å². The van der Waals surface area contributed by atoms with Gasteiger partial charge >= 0.3 is 0 Å². The smallest absolute Gasteiger partial charge is 0.236 e. The summed E-state index contributed by atoms with van der Waals surface area (Å²) in [5.41, 5.74) is 0. The third-order valence-electron chi connectivity index (χ3n) is 3.36. The molecule has 1 rings (SSSR count). The standard InChI is InChI=1S/C13H26N2O/c1-11(2)8-9-15(3)13(16)10-14-12-6-4-5-7-12/h11-12,14H,4-10H2,1-3H3. The highest BCUT2D eigenvalue weighted by Gasteiger charge is 2.16. The molecule has 0 aromatic rings. The van der Waals surface area contributed by atoms with Crippen molar-refractivity contribution < 1.29 is 4.79 Å². The van der Waals surface area contributed by atoms with Gasteiger partial charge in [0.15, 0.2) is 0 Å². The molecule has 0 aromatic heterocycles. The molecule has 0 unspecified atom stereocenters. The largest absolute Gasteiger partial charge is 0.345 e. The number of rotatable bonds is 6. The predicted molar refractivity (Wildman–Crippen MR) is 67.4 cm³/mol. The molecule has 1 fully saturated rings. The molecule has 3 nitrogen and oxygen atoms in total. The van der Waals surface area contributed by atoms with Crippen LogP contribution in [0.3, 0.4) is 0 Å². The number of hydrogen-bond donors (Lipinski definition) is 1. The fraction of sp³-hybridized carbons (Fsp3) is 0.923. The number of carbonyl (C=O) groups is 1. The lowest BCUT2D eigenvalue weighted by molar-refractivity contribution is -0.129. The van der Waals surface area contributed by atoms with Crippen LogP contribution in [0.2, 0.25) is 0 Å². The average Bonchev–Trinajstić information content (AvgIpc) is 2.75. The Kier molecular flexibility index (Phi) is 5.81. The van der Waals surface area contributed by atoms with Crippen molar-refractivity contribution in [3.8, 4) is 0 Å². The molecule has 3 heteroatoms. The van der Waals surface area contributed by atoms with E-state index in [9.17, 15) is 4.79 Å². The van der Waals surface area contributed by atoms with Crippen molar-refractivity contribution >= 4 is 5.91 Å². The Bertz CT molecular complexity index is 210. The maximum absolute atomic E-state index is 11.8. The fourth-order valence-electron chi connectivity index (χ4n) is 2.07. The molecule has 16 heavy (non-hydrogen) atoms. The Morgan fingerprint density at radius 2 is 2.00 bits per heavy atom. The lowest BCUT2D eigenvalue weighted by Gasteiger charge is -2.20. The van der Waals surface area contributed by atoms with E-state index in [1.807, 2.05) is 11.9 Å². The minimum Gasteiger partial charge on any atom is -0.345 e. The Balaban J connectivity index is 2.12. The van der Waals surface area contributed by atoms with Gasteiger partial charge in [0.2, 0.25) is 5.91 Å². The summed E-state index contributed by atoms with van der Waals surface area (Å²) in [4.78, 5) is 13.6. The summed E-state index contributed by atoms with van der Waals surface area (Å²) >= 11 is 0. The molecule has 0 atom stereocenters. The lowest BCUT2D eigenvalue weighted by atomic mass is 10.1. The zero-order valence-electron chi connectivity index (χ0n) is 11.0. The first-order valence-corrected chi connectivity index (χ1v) is 6.57. The monoisotopic (exact) mass is 226 g/mol.